The van der Waals surface area contributed by atoms with E-state index in [4.69, 9.17) is 5.73 Å². The van der Waals surface area contributed by atoms with Crippen molar-refractivity contribution in [3.8, 4) is 0 Å². The molecule has 2 N–H and O–H groups in total. The average Bonchev–Trinajstić information content (AvgIpc) is 2.64. The summed E-state index contributed by atoms with van der Waals surface area (Å²) in [5.41, 5.74) is 7.06. The first-order chi connectivity index (χ1) is 12.7. The minimum absolute atomic E-state index is 0.139. The van der Waals surface area contributed by atoms with Gasteiger partial charge in [-0.1, -0.05) is 136 Å². The molecule has 158 valence electrons. The van der Waals surface area contributed by atoms with Gasteiger partial charge in [0, 0.05) is 5.54 Å². The lowest BCUT2D eigenvalue weighted by Crippen LogP contribution is -2.39. The fourth-order valence-corrected chi connectivity index (χ4v) is 4.15. The van der Waals surface area contributed by atoms with Crippen molar-refractivity contribution in [3.63, 3.8) is 0 Å². The molecule has 0 aliphatic heterocycles. The third-order valence-corrected chi connectivity index (χ3v) is 6.08. The van der Waals surface area contributed by atoms with Crippen LogP contribution in [-0.4, -0.2) is 5.54 Å². The molecule has 1 nitrogen and oxygen atoms in total. The monoisotopic (exact) mass is 367 g/mol. The predicted octanol–water partition coefficient (Wildman–Crippen LogP) is 8.94. The third kappa shape index (κ3) is 17.4. The van der Waals surface area contributed by atoms with Crippen LogP contribution in [0.15, 0.2) is 0 Å². The second kappa shape index (κ2) is 19.7. The zero-order valence-corrected chi connectivity index (χ0v) is 18.9. The van der Waals surface area contributed by atoms with E-state index >= 15 is 0 Å². The first-order valence-corrected chi connectivity index (χ1v) is 12.5. The molecule has 0 amide bonds. The predicted molar refractivity (Wildman–Crippen MR) is 121 cm³/mol. The summed E-state index contributed by atoms with van der Waals surface area (Å²) in [6, 6.07) is 0. The van der Waals surface area contributed by atoms with Gasteiger partial charge in [-0.2, -0.15) is 0 Å². The first-order valence-electron chi connectivity index (χ1n) is 12.5. The van der Waals surface area contributed by atoms with E-state index in [2.05, 4.69) is 20.8 Å². The van der Waals surface area contributed by atoms with Crippen LogP contribution in [0.1, 0.15) is 156 Å². The number of nitrogens with two attached hydrogens (primary N) is 1. The van der Waals surface area contributed by atoms with Crippen LogP contribution in [0.4, 0.5) is 0 Å². The fraction of sp³-hybridized carbons (Fsp3) is 1.00. The van der Waals surface area contributed by atoms with Crippen LogP contribution in [0.2, 0.25) is 0 Å². The summed E-state index contributed by atoms with van der Waals surface area (Å²) in [6.45, 7) is 6.89. The molecule has 0 heterocycles. The maximum atomic E-state index is 6.92. The summed E-state index contributed by atoms with van der Waals surface area (Å²) in [7, 11) is 0. The van der Waals surface area contributed by atoms with Gasteiger partial charge >= 0.3 is 0 Å². The van der Waals surface area contributed by atoms with Crippen LogP contribution in [-0.2, 0) is 0 Å². The molecule has 0 aliphatic rings. The quantitative estimate of drug-likeness (QED) is 0.201. The lowest BCUT2D eigenvalue weighted by Gasteiger charge is -2.30. The van der Waals surface area contributed by atoms with Crippen molar-refractivity contribution in [2.24, 2.45) is 5.73 Å². The molecule has 0 radical (unpaired) electrons. The van der Waals surface area contributed by atoms with Crippen molar-refractivity contribution in [3.05, 3.63) is 0 Å². The number of hydrogen-bond acceptors (Lipinski definition) is 1. The Bertz CT molecular complexity index is 220. The van der Waals surface area contributed by atoms with Gasteiger partial charge in [-0.05, 0) is 19.3 Å². The molecule has 0 aromatic carbocycles. The molecule has 0 aliphatic carbocycles. The van der Waals surface area contributed by atoms with E-state index in [0.29, 0.717) is 0 Å². The molecule has 0 saturated carbocycles. The Morgan fingerprint density at radius 1 is 0.385 bits per heavy atom. The fourth-order valence-electron chi connectivity index (χ4n) is 4.15. The normalized spacial score (nSPS) is 12.0. The smallest absolute Gasteiger partial charge is 0.0154 e. The molecule has 0 fully saturated rings. The summed E-state index contributed by atoms with van der Waals surface area (Å²) in [5, 5.41) is 0. The molecule has 1 heteroatoms. The molecule has 26 heavy (non-hydrogen) atoms. The minimum Gasteiger partial charge on any atom is -0.325 e. The second-order valence-corrected chi connectivity index (χ2v) is 8.92. The Labute approximate surface area is 167 Å². The highest BCUT2D eigenvalue weighted by Crippen LogP contribution is 2.27. The van der Waals surface area contributed by atoms with Gasteiger partial charge in [0.2, 0.25) is 0 Å². The number of rotatable bonds is 21. The van der Waals surface area contributed by atoms with Crippen molar-refractivity contribution in [1.82, 2.24) is 0 Å². The molecular weight excluding hydrogens is 314 g/mol. The van der Waals surface area contributed by atoms with E-state index in [1.807, 2.05) is 0 Å². The van der Waals surface area contributed by atoms with E-state index in [1.54, 1.807) is 0 Å². The molecule has 0 bridgehead atoms. The van der Waals surface area contributed by atoms with Crippen LogP contribution in [0.3, 0.4) is 0 Å². The summed E-state index contributed by atoms with van der Waals surface area (Å²) < 4.78 is 0. The SMILES string of the molecule is CCCCCCCCC(N)(CCCCCCCC)CCCCCCCC. The van der Waals surface area contributed by atoms with Crippen molar-refractivity contribution >= 4 is 0 Å². The lowest BCUT2D eigenvalue weighted by atomic mass is 9.82. The van der Waals surface area contributed by atoms with E-state index in [-0.39, 0.29) is 5.54 Å². The van der Waals surface area contributed by atoms with Crippen molar-refractivity contribution in [2.75, 3.05) is 0 Å². The zero-order chi connectivity index (χ0) is 19.3. The summed E-state index contributed by atoms with van der Waals surface area (Å²) >= 11 is 0. The van der Waals surface area contributed by atoms with Crippen molar-refractivity contribution in [1.29, 1.82) is 0 Å². The topological polar surface area (TPSA) is 26.0 Å². The van der Waals surface area contributed by atoms with Crippen LogP contribution < -0.4 is 5.73 Å². The number of hydrogen-bond donors (Lipinski definition) is 1. The van der Waals surface area contributed by atoms with Crippen molar-refractivity contribution in [2.45, 2.75) is 161 Å². The summed E-state index contributed by atoms with van der Waals surface area (Å²) in [5.74, 6) is 0. The Morgan fingerprint density at radius 3 is 0.885 bits per heavy atom. The number of unbranched alkanes of at least 4 members (excludes halogenated alkanes) is 15. The van der Waals surface area contributed by atoms with Crippen LogP contribution in [0.25, 0.3) is 0 Å². The van der Waals surface area contributed by atoms with Gasteiger partial charge in [0.25, 0.3) is 0 Å². The van der Waals surface area contributed by atoms with Crippen LogP contribution >= 0.6 is 0 Å². The van der Waals surface area contributed by atoms with Crippen LogP contribution in [0, 0.1) is 0 Å². The second-order valence-electron chi connectivity index (χ2n) is 8.92. The molecule has 0 saturated heterocycles. The van der Waals surface area contributed by atoms with E-state index < -0.39 is 0 Å². The highest BCUT2D eigenvalue weighted by atomic mass is 14.7. The highest BCUT2D eigenvalue weighted by molar-refractivity contribution is 4.84. The molecular formula is C25H53N. The van der Waals surface area contributed by atoms with Gasteiger partial charge in [0.05, 0.1) is 0 Å². The average molecular weight is 368 g/mol. The maximum Gasteiger partial charge on any atom is 0.0154 e. The Balaban J connectivity index is 4.02. The summed E-state index contributed by atoms with van der Waals surface area (Å²) in [4.78, 5) is 0. The van der Waals surface area contributed by atoms with Gasteiger partial charge in [0.1, 0.15) is 0 Å². The molecule has 0 unspecified atom stereocenters. The third-order valence-electron chi connectivity index (χ3n) is 6.08. The molecule has 0 atom stereocenters. The van der Waals surface area contributed by atoms with Gasteiger partial charge in [-0.25, -0.2) is 0 Å². The lowest BCUT2D eigenvalue weighted by molar-refractivity contribution is 0.302. The van der Waals surface area contributed by atoms with Gasteiger partial charge in [0.15, 0.2) is 0 Å². The Kier molecular flexibility index (Phi) is 19.7. The van der Waals surface area contributed by atoms with Crippen molar-refractivity contribution < 1.29 is 0 Å². The molecule has 0 spiro atoms. The first kappa shape index (κ1) is 26.0. The summed E-state index contributed by atoms with van der Waals surface area (Å²) in [6.07, 6.45) is 28.8. The van der Waals surface area contributed by atoms with E-state index in [0.717, 1.165) is 0 Å². The Morgan fingerprint density at radius 2 is 0.615 bits per heavy atom. The van der Waals surface area contributed by atoms with Crippen LogP contribution in [0.5, 0.6) is 0 Å². The Hall–Kier alpha value is -0.0400. The zero-order valence-electron chi connectivity index (χ0n) is 18.9. The van der Waals surface area contributed by atoms with E-state index in [9.17, 15) is 0 Å². The standard InChI is InChI=1S/C25H53N/c1-4-7-10-13-16-19-22-25(26,23-20-17-14-11-8-5-2)24-21-18-15-12-9-6-3/h4-24,26H2,1-3H3. The largest absolute Gasteiger partial charge is 0.325 e. The van der Waals surface area contributed by atoms with Gasteiger partial charge in [-0.15, -0.1) is 0 Å². The van der Waals surface area contributed by atoms with Gasteiger partial charge in [-0.3, -0.25) is 0 Å². The maximum absolute atomic E-state index is 6.92. The van der Waals surface area contributed by atoms with Gasteiger partial charge < -0.3 is 5.73 Å². The molecule has 0 aromatic heterocycles. The highest BCUT2D eigenvalue weighted by Gasteiger charge is 2.23. The molecule has 0 rings (SSSR count). The molecule has 0 aromatic rings. The minimum atomic E-state index is 0.139. The van der Waals surface area contributed by atoms with E-state index in [1.165, 1.54) is 135 Å².